The van der Waals surface area contributed by atoms with Gasteiger partial charge >= 0.3 is 5.97 Å². The van der Waals surface area contributed by atoms with Crippen molar-refractivity contribution in [2.75, 3.05) is 7.11 Å². The molecule has 0 fully saturated rings. The Morgan fingerprint density at radius 2 is 1.92 bits per heavy atom. The van der Waals surface area contributed by atoms with Gasteiger partial charge in [-0.25, -0.2) is 13.4 Å². The molecule has 1 N–H and O–H groups in total. The fourth-order valence-electron chi connectivity index (χ4n) is 2.09. The molecule has 0 spiro atoms. The van der Waals surface area contributed by atoms with Crippen LogP contribution < -0.4 is 0 Å². The molecule has 0 saturated heterocycles. The first-order valence-corrected chi connectivity index (χ1v) is 8.32. The molecule has 2 rings (SSSR count). The molecule has 0 amide bonds. The van der Waals surface area contributed by atoms with Crippen LogP contribution in [-0.4, -0.2) is 26.1 Å². The lowest BCUT2D eigenvalue weighted by Gasteiger charge is -2.19. The van der Waals surface area contributed by atoms with Crippen LogP contribution in [-0.2, 0) is 29.1 Å². The second kappa shape index (κ2) is 8.34. The molecule has 0 radical (unpaired) electrons. The molecule has 8 heteroatoms. The van der Waals surface area contributed by atoms with Crippen molar-refractivity contribution in [2.45, 2.75) is 13.1 Å². The monoisotopic (exact) mass is 371 g/mol. The summed E-state index contributed by atoms with van der Waals surface area (Å²) in [4.78, 5) is 11.4. The van der Waals surface area contributed by atoms with E-state index in [1.165, 1.54) is 19.2 Å². The first-order chi connectivity index (χ1) is 11.4. The third-order valence-electron chi connectivity index (χ3n) is 3.35. The zero-order chi connectivity index (χ0) is 17.7. The van der Waals surface area contributed by atoms with Crippen molar-refractivity contribution in [2.24, 2.45) is 0 Å². The number of nitrogens with zero attached hydrogens (tertiary/aromatic N) is 1. The Bertz CT molecular complexity index is 771. The zero-order valence-corrected chi connectivity index (χ0v) is 14.3. The maximum Gasteiger partial charge on any atom is 0.337 e. The second-order valence-electron chi connectivity index (χ2n) is 4.92. The largest absolute Gasteiger partial charge is 0.465 e. The van der Waals surface area contributed by atoms with Crippen LogP contribution in [0, 0.1) is 5.82 Å². The van der Waals surface area contributed by atoms with E-state index in [0.717, 1.165) is 10.4 Å². The Kier molecular flexibility index (Phi) is 6.44. The average Bonchev–Trinajstić information content (AvgIpc) is 2.56. The molecule has 0 bridgehead atoms. The van der Waals surface area contributed by atoms with Gasteiger partial charge < -0.3 is 4.74 Å². The van der Waals surface area contributed by atoms with Crippen LogP contribution in [0.15, 0.2) is 42.5 Å². The molecular weight excluding hydrogens is 357 g/mol. The van der Waals surface area contributed by atoms with Crippen LogP contribution in [0.5, 0.6) is 0 Å². The van der Waals surface area contributed by atoms with E-state index in [1.54, 1.807) is 24.3 Å². The molecule has 0 aliphatic carbocycles. The molecule has 1 atom stereocenters. The van der Waals surface area contributed by atoms with E-state index in [-0.39, 0.29) is 24.2 Å². The van der Waals surface area contributed by atoms with Gasteiger partial charge in [-0.1, -0.05) is 35.9 Å². The van der Waals surface area contributed by atoms with Gasteiger partial charge in [-0.3, -0.25) is 4.55 Å². The second-order valence-corrected chi connectivity index (χ2v) is 6.30. The Labute approximate surface area is 146 Å². The van der Waals surface area contributed by atoms with E-state index in [0.29, 0.717) is 10.6 Å². The normalized spacial score (nSPS) is 12.2. The zero-order valence-electron chi connectivity index (χ0n) is 12.7. The summed E-state index contributed by atoms with van der Waals surface area (Å²) in [6.45, 7) is -0.0530. The highest BCUT2D eigenvalue weighted by atomic mass is 35.5. The molecule has 0 saturated carbocycles. The fraction of sp³-hybridized carbons (Fsp3) is 0.188. The van der Waals surface area contributed by atoms with Crippen LogP contribution in [0.2, 0.25) is 5.02 Å². The van der Waals surface area contributed by atoms with Gasteiger partial charge in [0.2, 0.25) is 11.3 Å². The van der Waals surface area contributed by atoms with E-state index >= 15 is 0 Å². The number of ether oxygens (including phenoxy) is 1. The highest BCUT2D eigenvalue weighted by Gasteiger charge is 2.17. The van der Waals surface area contributed by atoms with E-state index in [9.17, 15) is 17.9 Å². The summed E-state index contributed by atoms with van der Waals surface area (Å²) in [6, 6.07) is 10.7. The van der Waals surface area contributed by atoms with Crippen molar-refractivity contribution in [3.63, 3.8) is 0 Å². The third kappa shape index (κ3) is 4.61. The molecule has 24 heavy (non-hydrogen) atoms. The van der Waals surface area contributed by atoms with Crippen molar-refractivity contribution < 1.29 is 22.7 Å². The number of hydrogen-bond acceptors (Lipinski definition) is 3. The summed E-state index contributed by atoms with van der Waals surface area (Å²) in [5, 5.41) is 0.453. The SMILES string of the molecule is COC(=O)c1ccc(CN(Cc2ccccc2Cl)S(=O)O)c(F)c1. The average molecular weight is 372 g/mol. The summed E-state index contributed by atoms with van der Waals surface area (Å²) in [6.07, 6.45) is 0. The first-order valence-electron chi connectivity index (χ1n) is 6.88. The van der Waals surface area contributed by atoms with Crippen molar-refractivity contribution in [1.82, 2.24) is 4.31 Å². The van der Waals surface area contributed by atoms with E-state index < -0.39 is 23.1 Å². The standard InChI is InChI=1S/C16H15ClFNO4S/c1-23-16(20)11-6-7-13(15(18)8-11)10-19(24(21)22)9-12-4-2-3-5-14(12)17/h2-8H,9-10H2,1H3,(H,21,22). The molecular formula is C16H15ClFNO4S. The summed E-state index contributed by atoms with van der Waals surface area (Å²) < 4.78 is 40.8. The molecule has 0 aliphatic rings. The molecule has 2 aromatic carbocycles. The number of carbonyl (C=O) groups is 1. The van der Waals surface area contributed by atoms with Crippen molar-refractivity contribution in [1.29, 1.82) is 0 Å². The van der Waals surface area contributed by atoms with Gasteiger partial charge in [0.05, 0.1) is 12.7 Å². The van der Waals surface area contributed by atoms with E-state index in [2.05, 4.69) is 4.74 Å². The Morgan fingerprint density at radius 3 is 2.50 bits per heavy atom. The van der Waals surface area contributed by atoms with E-state index in [1.807, 2.05) is 0 Å². The fourth-order valence-corrected chi connectivity index (χ4v) is 2.79. The van der Waals surface area contributed by atoms with Gasteiger partial charge in [0.1, 0.15) is 5.82 Å². The van der Waals surface area contributed by atoms with Gasteiger partial charge in [0, 0.05) is 23.7 Å². The lowest BCUT2D eigenvalue weighted by atomic mass is 10.1. The van der Waals surface area contributed by atoms with Gasteiger partial charge in [-0.2, -0.15) is 4.31 Å². The minimum atomic E-state index is -2.32. The molecule has 5 nitrogen and oxygen atoms in total. The maximum absolute atomic E-state index is 14.1. The van der Waals surface area contributed by atoms with Crippen LogP contribution in [0.3, 0.4) is 0 Å². The number of carbonyl (C=O) groups excluding carboxylic acids is 1. The lowest BCUT2D eigenvalue weighted by molar-refractivity contribution is 0.0600. The summed E-state index contributed by atoms with van der Waals surface area (Å²) in [5.74, 6) is -1.31. The minimum Gasteiger partial charge on any atom is -0.465 e. The van der Waals surface area contributed by atoms with Crippen LogP contribution >= 0.6 is 11.6 Å². The van der Waals surface area contributed by atoms with Gasteiger partial charge in [0.15, 0.2) is 0 Å². The summed E-state index contributed by atoms with van der Waals surface area (Å²) in [7, 11) is 1.20. The highest BCUT2D eigenvalue weighted by Crippen LogP contribution is 2.20. The smallest absolute Gasteiger partial charge is 0.337 e. The molecule has 0 aliphatic heterocycles. The van der Waals surface area contributed by atoms with E-state index in [4.69, 9.17) is 11.6 Å². The Hall–Kier alpha value is -1.80. The van der Waals surface area contributed by atoms with Gasteiger partial charge in [0.25, 0.3) is 0 Å². The number of rotatable bonds is 6. The number of benzene rings is 2. The summed E-state index contributed by atoms with van der Waals surface area (Å²) >= 11 is 3.73. The number of hydrogen-bond donors (Lipinski definition) is 1. The molecule has 128 valence electrons. The van der Waals surface area contributed by atoms with Crippen LogP contribution in [0.4, 0.5) is 4.39 Å². The van der Waals surface area contributed by atoms with Gasteiger partial charge in [-0.15, -0.1) is 0 Å². The Balaban J connectivity index is 2.21. The third-order valence-corrected chi connectivity index (χ3v) is 4.41. The number of halogens is 2. The van der Waals surface area contributed by atoms with Crippen molar-refractivity contribution in [3.05, 3.63) is 70.0 Å². The van der Waals surface area contributed by atoms with Crippen LogP contribution in [0.1, 0.15) is 21.5 Å². The number of methoxy groups -OCH3 is 1. The lowest BCUT2D eigenvalue weighted by Crippen LogP contribution is -2.25. The molecule has 2 aromatic rings. The predicted octanol–water partition coefficient (Wildman–Crippen LogP) is 3.40. The molecule has 0 aromatic heterocycles. The van der Waals surface area contributed by atoms with Crippen LogP contribution in [0.25, 0.3) is 0 Å². The quantitative estimate of drug-likeness (QED) is 0.624. The topological polar surface area (TPSA) is 66.8 Å². The van der Waals surface area contributed by atoms with Crippen molar-refractivity contribution in [3.8, 4) is 0 Å². The van der Waals surface area contributed by atoms with Gasteiger partial charge in [-0.05, 0) is 23.8 Å². The predicted molar refractivity (Wildman–Crippen MR) is 89.2 cm³/mol. The maximum atomic E-state index is 14.1. The molecule has 0 heterocycles. The first kappa shape index (κ1) is 18.5. The summed E-state index contributed by atoms with van der Waals surface area (Å²) in [5.41, 5.74) is 0.895. The highest BCUT2D eigenvalue weighted by molar-refractivity contribution is 7.76. The molecule has 1 unspecified atom stereocenters. The minimum absolute atomic E-state index is 0.0704. The Morgan fingerprint density at radius 1 is 1.25 bits per heavy atom. The number of esters is 1. The van der Waals surface area contributed by atoms with Crippen molar-refractivity contribution >= 4 is 28.8 Å².